The first-order valence-electron chi connectivity index (χ1n) is 6.91. The van der Waals surface area contributed by atoms with Crippen molar-refractivity contribution in [3.8, 4) is 0 Å². The number of fused-ring (bicyclic) bond motifs is 5. The van der Waals surface area contributed by atoms with Gasteiger partial charge in [-0.25, -0.2) is 4.79 Å². The van der Waals surface area contributed by atoms with Gasteiger partial charge in [0.25, 0.3) is 0 Å². The average molecular weight is 303 g/mol. The molecule has 2 fully saturated rings. The Morgan fingerprint density at radius 3 is 2.33 bits per heavy atom. The smallest absolute Gasteiger partial charge is 0.332 e. The summed E-state index contributed by atoms with van der Waals surface area (Å²) in [5.74, 6) is -2.30. The Hall–Kier alpha value is -1.95. The predicted octanol–water partition coefficient (Wildman–Crippen LogP) is 1.68. The molecule has 1 saturated heterocycles. The molecule has 2 amide bonds. The lowest BCUT2D eigenvalue weighted by molar-refractivity contribution is -0.155. The predicted molar refractivity (Wildman–Crippen MR) is 74.3 cm³/mol. The van der Waals surface area contributed by atoms with Crippen LogP contribution < -0.4 is 0 Å². The summed E-state index contributed by atoms with van der Waals surface area (Å²) in [6.07, 6.45) is 4.85. The van der Waals surface area contributed by atoms with Crippen molar-refractivity contribution in [2.24, 2.45) is 23.7 Å². The van der Waals surface area contributed by atoms with Crippen molar-refractivity contribution in [3.05, 3.63) is 34.5 Å². The molecule has 2 bridgehead atoms. The van der Waals surface area contributed by atoms with Gasteiger partial charge in [-0.15, -0.1) is 11.3 Å². The monoisotopic (exact) mass is 303 g/mol. The number of imide groups is 1. The van der Waals surface area contributed by atoms with Gasteiger partial charge in [-0.1, -0.05) is 18.2 Å². The van der Waals surface area contributed by atoms with Gasteiger partial charge in [-0.05, 0) is 29.7 Å². The number of aliphatic carboxylic acids is 1. The van der Waals surface area contributed by atoms with E-state index in [0.717, 1.165) is 11.3 Å². The number of rotatable bonds is 3. The molecule has 4 rings (SSSR count). The van der Waals surface area contributed by atoms with Crippen molar-refractivity contribution in [1.29, 1.82) is 0 Å². The Balaban J connectivity index is 1.74. The Morgan fingerprint density at radius 2 is 1.86 bits per heavy atom. The lowest BCUT2D eigenvalue weighted by Gasteiger charge is -2.23. The van der Waals surface area contributed by atoms with E-state index in [-0.39, 0.29) is 35.5 Å². The van der Waals surface area contributed by atoms with Gasteiger partial charge in [0.15, 0.2) is 6.04 Å². The topological polar surface area (TPSA) is 74.7 Å². The fourth-order valence-corrected chi connectivity index (χ4v) is 4.79. The quantitative estimate of drug-likeness (QED) is 0.681. The van der Waals surface area contributed by atoms with Gasteiger partial charge in [0, 0.05) is 4.88 Å². The molecule has 5 atom stereocenters. The minimum atomic E-state index is -1.19. The lowest BCUT2D eigenvalue weighted by Crippen LogP contribution is -2.40. The highest BCUT2D eigenvalue weighted by Crippen LogP contribution is 2.53. The molecule has 1 N–H and O–H groups in total. The van der Waals surface area contributed by atoms with Crippen LogP contribution in [0.3, 0.4) is 0 Å². The molecule has 3 aliphatic rings. The highest BCUT2D eigenvalue weighted by molar-refractivity contribution is 7.10. The van der Waals surface area contributed by atoms with Crippen LogP contribution in [0.15, 0.2) is 29.7 Å². The minimum Gasteiger partial charge on any atom is -0.479 e. The summed E-state index contributed by atoms with van der Waals surface area (Å²) < 4.78 is 0. The van der Waals surface area contributed by atoms with Gasteiger partial charge in [-0.2, -0.15) is 0 Å². The standard InChI is InChI=1S/C15H13NO4S/c17-13-10-7-3-4-8(6-7)11(10)14(18)16(13)12(15(19)20)9-2-1-5-21-9/h1-5,7-8,10-12H,6H2,(H,19,20). The molecule has 0 aromatic carbocycles. The zero-order valence-corrected chi connectivity index (χ0v) is 11.8. The van der Waals surface area contributed by atoms with Gasteiger partial charge in [0.05, 0.1) is 11.8 Å². The third kappa shape index (κ3) is 1.59. The van der Waals surface area contributed by atoms with Crippen molar-refractivity contribution >= 4 is 29.1 Å². The van der Waals surface area contributed by atoms with Crippen LogP contribution in [0.5, 0.6) is 0 Å². The first-order valence-corrected chi connectivity index (χ1v) is 7.79. The summed E-state index contributed by atoms with van der Waals surface area (Å²) in [6.45, 7) is 0. The third-order valence-electron chi connectivity index (χ3n) is 4.81. The van der Waals surface area contributed by atoms with Gasteiger partial charge < -0.3 is 5.11 Å². The van der Waals surface area contributed by atoms with Crippen LogP contribution in [0.1, 0.15) is 17.3 Å². The lowest BCUT2D eigenvalue weighted by atomic mass is 9.85. The van der Waals surface area contributed by atoms with E-state index in [0.29, 0.717) is 4.88 Å². The summed E-state index contributed by atoms with van der Waals surface area (Å²) in [4.78, 5) is 38.4. The molecule has 2 heterocycles. The largest absolute Gasteiger partial charge is 0.479 e. The van der Waals surface area contributed by atoms with Crippen molar-refractivity contribution in [2.75, 3.05) is 0 Å². The maximum absolute atomic E-state index is 12.6. The minimum absolute atomic E-state index is 0.0965. The maximum Gasteiger partial charge on any atom is 0.332 e. The molecular weight excluding hydrogens is 290 g/mol. The van der Waals surface area contributed by atoms with E-state index < -0.39 is 12.0 Å². The van der Waals surface area contributed by atoms with Crippen molar-refractivity contribution in [2.45, 2.75) is 12.5 Å². The maximum atomic E-state index is 12.6. The number of allylic oxidation sites excluding steroid dienone is 2. The summed E-state index contributed by atoms with van der Waals surface area (Å²) >= 11 is 1.25. The molecule has 6 heteroatoms. The van der Waals surface area contributed by atoms with E-state index in [1.807, 2.05) is 12.2 Å². The number of carboxylic acids is 1. The second-order valence-electron chi connectivity index (χ2n) is 5.80. The van der Waals surface area contributed by atoms with Crippen LogP contribution in [-0.4, -0.2) is 27.8 Å². The van der Waals surface area contributed by atoms with E-state index >= 15 is 0 Å². The van der Waals surface area contributed by atoms with Gasteiger partial charge in [0.1, 0.15) is 0 Å². The summed E-state index contributed by atoms with van der Waals surface area (Å²) in [5.41, 5.74) is 0. The first kappa shape index (κ1) is 12.8. The molecule has 1 aliphatic heterocycles. The van der Waals surface area contributed by atoms with E-state index in [2.05, 4.69) is 0 Å². The molecule has 5 unspecified atom stereocenters. The molecule has 5 nitrogen and oxygen atoms in total. The second kappa shape index (κ2) is 4.27. The normalized spacial score (nSPS) is 34.6. The van der Waals surface area contributed by atoms with E-state index in [1.54, 1.807) is 17.5 Å². The van der Waals surface area contributed by atoms with Gasteiger partial charge in [-0.3, -0.25) is 14.5 Å². The zero-order chi connectivity index (χ0) is 14.7. The molecule has 1 saturated carbocycles. The van der Waals surface area contributed by atoms with Crippen LogP contribution >= 0.6 is 11.3 Å². The zero-order valence-electron chi connectivity index (χ0n) is 11.0. The molecule has 1 aromatic rings. The number of likely N-dealkylation sites (tertiary alicyclic amines) is 1. The molecular formula is C15H13NO4S. The summed E-state index contributed by atoms with van der Waals surface area (Å²) in [7, 11) is 0. The molecule has 2 aliphatic carbocycles. The van der Waals surface area contributed by atoms with Gasteiger partial charge >= 0.3 is 5.97 Å². The van der Waals surface area contributed by atoms with Crippen LogP contribution in [0.4, 0.5) is 0 Å². The van der Waals surface area contributed by atoms with Crippen molar-refractivity contribution < 1.29 is 19.5 Å². The highest BCUT2D eigenvalue weighted by Gasteiger charge is 2.61. The fourth-order valence-electron chi connectivity index (χ4n) is 3.99. The highest BCUT2D eigenvalue weighted by atomic mass is 32.1. The molecule has 1 aromatic heterocycles. The Labute approximate surface area is 124 Å². The number of hydrogen-bond acceptors (Lipinski definition) is 4. The van der Waals surface area contributed by atoms with E-state index in [4.69, 9.17) is 0 Å². The molecule has 21 heavy (non-hydrogen) atoms. The number of nitrogens with zero attached hydrogens (tertiary/aromatic N) is 1. The number of carboxylic acid groups (broad SMARTS) is 1. The van der Waals surface area contributed by atoms with E-state index in [1.165, 1.54) is 11.3 Å². The Bertz CT molecular complexity index is 635. The van der Waals surface area contributed by atoms with Gasteiger partial charge in [0.2, 0.25) is 11.8 Å². The molecule has 0 spiro atoms. The van der Waals surface area contributed by atoms with Crippen LogP contribution in [0.2, 0.25) is 0 Å². The number of carbonyl (C=O) groups excluding carboxylic acids is 2. The molecule has 0 radical (unpaired) electrons. The summed E-state index contributed by atoms with van der Waals surface area (Å²) in [6, 6.07) is 2.20. The van der Waals surface area contributed by atoms with Crippen LogP contribution in [-0.2, 0) is 14.4 Å². The van der Waals surface area contributed by atoms with E-state index in [9.17, 15) is 19.5 Å². The second-order valence-corrected chi connectivity index (χ2v) is 6.78. The number of amides is 2. The van der Waals surface area contributed by atoms with Crippen LogP contribution in [0.25, 0.3) is 0 Å². The third-order valence-corrected chi connectivity index (χ3v) is 5.73. The fraction of sp³-hybridized carbons (Fsp3) is 0.400. The Morgan fingerprint density at radius 1 is 1.24 bits per heavy atom. The summed E-state index contributed by atoms with van der Waals surface area (Å²) in [5, 5.41) is 11.2. The Kier molecular flexibility index (Phi) is 2.60. The number of carbonyl (C=O) groups is 3. The SMILES string of the molecule is O=C(O)C(c1cccs1)N1C(=O)C2C3C=CC(C3)C2C1=O. The van der Waals surface area contributed by atoms with Crippen molar-refractivity contribution in [1.82, 2.24) is 4.90 Å². The first-order chi connectivity index (χ1) is 10.1. The average Bonchev–Trinajstić information content (AvgIpc) is 3.18. The number of thiophene rings is 1. The van der Waals surface area contributed by atoms with Crippen LogP contribution in [0, 0.1) is 23.7 Å². The number of hydrogen-bond donors (Lipinski definition) is 1. The molecule has 108 valence electrons. The van der Waals surface area contributed by atoms with Crippen molar-refractivity contribution in [3.63, 3.8) is 0 Å².